The van der Waals surface area contributed by atoms with Gasteiger partial charge in [-0.05, 0) is 26.2 Å². The van der Waals surface area contributed by atoms with Gasteiger partial charge in [-0.2, -0.15) is 0 Å². The number of carbonyl (C=O) groups excluding carboxylic acids is 1. The summed E-state index contributed by atoms with van der Waals surface area (Å²) in [6.07, 6.45) is 4.34. The van der Waals surface area contributed by atoms with E-state index < -0.39 is 0 Å². The van der Waals surface area contributed by atoms with E-state index in [1.165, 1.54) is 0 Å². The summed E-state index contributed by atoms with van der Waals surface area (Å²) < 4.78 is 0. The lowest BCUT2D eigenvalue weighted by Crippen LogP contribution is -2.28. The van der Waals surface area contributed by atoms with Crippen molar-refractivity contribution < 1.29 is 9.90 Å². The molecule has 1 N–H and O–H groups in total. The van der Waals surface area contributed by atoms with Crippen molar-refractivity contribution in [3.8, 4) is 0 Å². The number of aliphatic hydroxyl groups is 1. The van der Waals surface area contributed by atoms with Crippen molar-refractivity contribution in [2.24, 2.45) is 0 Å². The van der Waals surface area contributed by atoms with Gasteiger partial charge < -0.3 is 10.0 Å². The Balaban J connectivity index is 3.59. The maximum atomic E-state index is 11.4. The van der Waals surface area contributed by atoms with Crippen LogP contribution in [0.15, 0.2) is 12.7 Å². The van der Waals surface area contributed by atoms with E-state index in [0.717, 1.165) is 19.4 Å². The Bertz CT molecular complexity index is 178. The molecule has 82 valence electrons. The van der Waals surface area contributed by atoms with E-state index in [-0.39, 0.29) is 12.0 Å². The Kier molecular flexibility index (Phi) is 7.11. The fourth-order valence-corrected chi connectivity index (χ4v) is 1.12. The molecule has 0 heterocycles. The molecule has 0 bridgehead atoms. The minimum atomic E-state index is -0.388. The molecule has 0 aliphatic heterocycles. The smallest absolute Gasteiger partial charge is 0.222 e. The van der Waals surface area contributed by atoms with Crippen molar-refractivity contribution in [3.63, 3.8) is 0 Å². The zero-order valence-electron chi connectivity index (χ0n) is 9.20. The topological polar surface area (TPSA) is 40.5 Å². The fraction of sp³-hybridized carbons (Fsp3) is 0.727. The molecule has 14 heavy (non-hydrogen) atoms. The van der Waals surface area contributed by atoms with Gasteiger partial charge in [0.1, 0.15) is 0 Å². The lowest BCUT2D eigenvalue weighted by molar-refractivity contribution is -0.130. The molecule has 0 aliphatic rings. The molecule has 0 spiro atoms. The number of carbonyl (C=O) groups is 1. The monoisotopic (exact) mass is 199 g/mol. The third kappa shape index (κ3) is 6.66. The first-order valence-corrected chi connectivity index (χ1v) is 5.11. The maximum Gasteiger partial charge on any atom is 0.222 e. The molecule has 0 aromatic heterocycles. The predicted molar refractivity (Wildman–Crippen MR) is 58.0 cm³/mol. The average Bonchev–Trinajstić information content (AvgIpc) is 2.14. The van der Waals surface area contributed by atoms with Crippen molar-refractivity contribution in [3.05, 3.63) is 12.7 Å². The summed E-state index contributed by atoms with van der Waals surface area (Å²) in [5.74, 6) is 0.106. The number of rotatable bonds is 7. The summed E-state index contributed by atoms with van der Waals surface area (Å²) in [7, 11) is 1.80. The van der Waals surface area contributed by atoms with Crippen molar-refractivity contribution in [2.45, 2.75) is 38.7 Å². The molecule has 1 unspecified atom stereocenters. The van der Waals surface area contributed by atoms with Gasteiger partial charge in [0.15, 0.2) is 0 Å². The van der Waals surface area contributed by atoms with Crippen LogP contribution in [0.4, 0.5) is 0 Å². The van der Waals surface area contributed by atoms with Crippen LogP contribution in [-0.2, 0) is 4.79 Å². The minimum Gasteiger partial charge on any atom is -0.393 e. The number of nitrogens with zero attached hydrogens (tertiary/aromatic N) is 1. The third-order valence-electron chi connectivity index (χ3n) is 2.10. The molecule has 1 amide bonds. The Hall–Kier alpha value is -0.830. The number of allylic oxidation sites excluding steroid dienone is 1. The standard InChI is InChI=1S/C11H21NO2/c1-4-5-6-9-12(3)11(14)8-7-10(2)13/h4,10,13H,1,5-9H2,2-3H3. The quantitative estimate of drug-likeness (QED) is 0.499. The summed E-state index contributed by atoms with van der Waals surface area (Å²) in [4.78, 5) is 13.1. The largest absolute Gasteiger partial charge is 0.393 e. The molecule has 3 heteroatoms. The molecule has 3 nitrogen and oxygen atoms in total. The van der Waals surface area contributed by atoms with E-state index in [1.54, 1.807) is 18.9 Å². The fourth-order valence-electron chi connectivity index (χ4n) is 1.12. The van der Waals surface area contributed by atoms with Gasteiger partial charge >= 0.3 is 0 Å². The molecule has 0 rings (SSSR count). The van der Waals surface area contributed by atoms with E-state index in [0.29, 0.717) is 12.8 Å². The number of hydrogen-bond acceptors (Lipinski definition) is 2. The Morgan fingerprint density at radius 1 is 1.64 bits per heavy atom. The second-order valence-electron chi connectivity index (χ2n) is 3.63. The number of unbranched alkanes of at least 4 members (excludes halogenated alkanes) is 1. The molecule has 0 aromatic carbocycles. The second-order valence-corrected chi connectivity index (χ2v) is 3.63. The van der Waals surface area contributed by atoms with Gasteiger partial charge in [0.25, 0.3) is 0 Å². The highest BCUT2D eigenvalue weighted by Crippen LogP contribution is 2.01. The van der Waals surface area contributed by atoms with Crippen molar-refractivity contribution in [1.29, 1.82) is 0 Å². The summed E-state index contributed by atoms with van der Waals surface area (Å²) in [5.41, 5.74) is 0. The third-order valence-corrected chi connectivity index (χ3v) is 2.10. The lowest BCUT2D eigenvalue weighted by atomic mass is 10.2. The molecule has 0 aliphatic carbocycles. The SMILES string of the molecule is C=CCCCN(C)C(=O)CCC(C)O. The van der Waals surface area contributed by atoms with Crippen LogP contribution in [0.2, 0.25) is 0 Å². The van der Waals surface area contributed by atoms with Gasteiger partial charge in [-0.15, -0.1) is 6.58 Å². The van der Waals surface area contributed by atoms with Crippen LogP contribution in [-0.4, -0.2) is 35.6 Å². The van der Waals surface area contributed by atoms with Crippen LogP contribution in [0.1, 0.15) is 32.6 Å². The molecule has 0 aromatic rings. The second kappa shape index (κ2) is 7.56. The van der Waals surface area contributed by atoms with E-state index in [2.05, 4.69) is 6.58 Å². The summed E-state index contributed by atoms with van der Waals surface area (Å²) in [6, 6.07) is 0. The van der Waals surface area contributed by atoms with Crippen LogP contribution in [0, 0.1) is 0 Å². The highest BCUT2D eigenvalue weighted by atomic mass is 16.3. The Morgan fingerprint density at radius 2 is 2.29 bits per heavy atom. The highest BCUT2D eigenvalue weighted by Gasteiger charge is 2.08. The lowest BCUT2D eigenvalue weighted by Gasteiger charge is -2.16. The number of amides is 1. The van der Waals surface area contributed by atoms with E-state index in [1.807, 2.05) is 6.08 Å². The molecule has 0 fully saturated rings. The first kappa shape index (κ1) is 13.2. The van der Waals surface area contributed by atoms with Gasteiger partial charge in [-0.25, -0.2) is 0 Å². The predicted octanol–water partition coefficient (Wildman–Crippen LogP) is 1.57. The van der Waals surface area contributed by atoms with Crippen LogP contribution in [0.3, 0.4) is 0 Å². The van der Waals surface area contributed by atoms with E-state index in [9.17, 15) is 4.79 Å². The molecule has 1 atom stereocenters. The van der Waals surface area contributed by atoms with Gasteiger partial charge in [0.2, 0.25) is 5.91 Å². The molecule has 0 saturated carbocycles. The Labute approximate surface area is 86.4 Å². The Morgan fingerprint density at radius 3 is 2.79 bits per heavy atom. The first-order chi connectivity index (χ1) is 6.57. The zero-order valence-corrected chi connectivity index (χ0v) is 9.20. The van der Waals surface area contributed by atoms with E-state index >= 15 is 0 Å². The van der Waals surface area contributed by atoms with Gasteiger partial charge in [0.05, 0.1) is 6.10 Å². The van der Waals surface area contributed by atoms with Gasteiger partial charge in [-0.1, -0.05) is 6.08 Å². The normalized spacial score (nSPS) is 12.2. The number of hydrogen-bond donors (Lipinski definition) is 1. The van der Waals surface area contributed by atoms with Crippen molar-refractivity contribution >= 4 is 5.91 Å². The van der Waals surface area contributed by atoms with E-state index in [4.69, 9.17) is 5.11 Å². The summed E-state index contributed by atoms with van der Waals surface area (Å²) >= 11 is 0. The van der Waals surface area contributed by atoms with Crippen LogP contribution in [0.5, 0.6) is 0 Å². The molecular formula is C11H21NO2. The van der Waals surface area contributed by atoms with Crippen LogP contribution < -0.4 is 0 Å². The molecule has 0 radical (unpaired) electrons. The van der Waals surface area contributed by atoms with Gasteiger partial charge in [0, 0.05) is 20.0 Å². The first-order valence-electron chi connectivity index (χ1n) is 5.11. The maximum absolute atomic E-state index is 11.4. The van der Waals surface area contributed by atoms with Gasteiger partial charge in [-0.3, -0.25) is 4.79 Å². The van der Waals surface area contributed by atoms with Crippen LogP contribution in [0.25, 0.3) is 0 Å². The average molecular weight is 199 g/mol. The summed E-state index contributed by atoms with van der Waals surface area (Å²) in [5, 5.41) is 9.01. The zero-order chi connectivity index (χ0) is 11.0. The molecule has 0 saturated heterocycles. The van der Waals surface area contributed by atoms with Crippen molar-refractivity contribution in [2.75, 3.05) is 13.6 Å². The van der Waals surface area contributed by atoms with Crippen LogP contribution >= 0.6 is 0 Å². The molecular weight excluding hydrogens is 178 g/mol. The minimum absolute atomic E-state index is 0.106. The number of aliphatic hydroxyl groups excluding tert-OH is 1. The highest BCUT2D eigenvalue weighted by molar-refractivity contribution is 5.75. The summed E-state index contributed by atoms with van der Waals surface area (Å²) in [6.45, 7) is 6.09. The van der Waals surface area contributed by atoms with Crippen molar-refractivity contribution in [1.82, 2.24) is 4.90 Å².